The molecule has 92 valence electrons. The minimum Gasteiger partial charge on any atom is -0.312 e. The molecule has 2 nitrogen and oxygen atoms in total. The van der Waals surface area contributed by atoms with Gasteiger partial charge in [0.25, 0.3) is 0 Å². The average Bonchev–Trinajstić information content (AvgIpc) is 2.43. The summed E-state index contributed by atoms with van der Waals surface area (Å²) < 4.78 is 0. The zero-order chi connectivity index (χ0) is 12.8. The molecule has 1 atom stereocenters. The van der Waals surface area contributed by atoms with Crippen molar-refractivity contribution >= 4 is 10.9 Å². The summed E-state index contributed by atoms with van der Waals surface area (Å²) in [7, 11) is 1.97. The molecule has 1 N–H and O–H groups in total. The van der Waals surface area contributed by atoms with Crippen LogP contribution in [0.5, 0.6) is 0 Å². The van der Waals surface area contributed by atoms with Gasteiger partial charge < -0.3 is 5.32 Å². The zero-order valence-electron chi connectivity index (χ0n) is 10.7. The quantitative estimate of drug-likeness (QED) is 0.638. The van der Waals surface area contributed by atoms with Crippen molar-refractivity contribution in [2.75, 3.05) is 7.05 Å². The van der Waals surface area contributed by atoms with Gasteiger partial charge in [-0.1, -0.05) is 24.3 Å². The number of hydrogen-bond acceptors (Lipinski definition) is 2. The molecule has 0 spiro atoms. The number of nitrogens with one attached hydrogen (secondary N) is 1. The Kier molecular flexibility index (Phi) is 4.33. The van der Waals surface area contributed by atoms with Crippen LogP contribution in [-0.4, -0.2) is 12.0 Å². The Bertz CT molecular complexity index is 554. The summed E-state index contributed by atoms with van der Waals surface area (Å²) >= 11 is 0. The Hall–Kier alpha value is -1.85. The Morgan fingerprint density at radius 1 is 1.28 bits per heavy atom. The van der Waals surface area contributed by atoms with E-state index in [9.17, 15) is 0 Å². The molecule has 2 aromatic rings. The van der Waals surface area contributed by atoms with E-state index in [0.717, 1.165) is 30.5 Å². The van der Waals surface area contributed by atoms with Crippen molar-refractivity contribution in [3.63, 3.8) is 0 Å². The number of nitrogens with zero attached hydrogens (tertiary/aromatic N) is 1. The summed E-state index contributed by atoms with van der Waals surface area (Å²) in [6, 6.07) is 12.7. The van der Waals surface area contributed by atoms with Gasteiger partial charge in [0.1, 0.15) is 0 Å². The van der Waals surface area contributed by atoms with Crippen LogP contribution in [0.3, 0.4) is 0 Å². The molecule has 18 heavy (non-hydrogen) atoms. The maximum atomic E-state index is 5.28. The second-order valence-electron chi connectivity index (χ2n) is 4.37. The fourth-order valence-corrected chi connectivity index (χ4v) is 2.12. The molecule has 0 saturated carbocycles. The first-order valence-electron chi connectivity index (χ1n) is 6.31. The molecule has 1 aromatic heterocycles. The summed E-state index contributed by atoms with van der Waals surface area (Å²) in [4.78, 5) is 4.71. The van der Waals surface area contributed by atoms with Crippen LogP contribution < -0.4 is 5.32 Å². The highest BCUT2D eigenvalue weighted by molar-refractivity contribution is 5.78. The second kappa shape index (κ2) is 6.18. The van der Waals surface area contributed by atoms with Crippen LogP contribution in [0, 0.1) is 12.3 Å². The van der Waals surface area contributed by atoms with Gasteiger partial charge in [-0.2, -0.15) is 0 Å². The lowest BCUT2D eigenvalue weighted by atomic mass is 10.0. The van der Waals surface area contributed by atoms with Crippen molar-refractivity contribution in [1.82, 2.24) is 10.3 Å². The number of para-hydroxylation sites is 1. The van der Waals surface area contributed by atoms with Gasteiger partial charge in [0, 0.05) is 17.8 Å². The van der Waals surface area contributed by atoms with Crippen LogP contribution in [0.25, 0.3) is 10.9 Å². The van der Waals surface area contributed by atoms with E-state index < -0.39 is 0 Å². The topological polar surface area (TPSA) is 24.9 Å². The summed E-state index contributed by atoms with van der Waals surface area (Å²) in [5.74, 6) is 2.68. The van der Waals surface area contributed by atoms with E-state index >= 15 is 0 Å². The molecule has 0 amide bonds. The van der Waals surface area contributed by atoms with Crippen LogP contribution >= 0.6 is 0 Å². The van der Waals surface area contributed by atoms with Gasteiger partial charge in [0.05, 0.1) is 11.2 Å². The lowest BCUT2D eigenvalue weighted by Crippen LogP contribution is -2.17. The monoisotopic (exact) mass is 238 g/mol. The number of aromatic nitrogens is 1. The van der Waals surface area contributed by atoms with Gasteiger partial charge >= 0.3 is 0 Å². The number of fused-ring (bicyclic) bond motifs is 1. The molecule has 0 bridgehead atoms. The molecule has 0 aliphatic heterocycles. The highest BCUT2D eigenvalue weighted by Gasteiger charge is 2.10. The predicted octanol–water partition coefficient (Wildman–Crippen LogP) is 3.30. The maximum absolute atomic E-state index is 5.28. The third-order valence-electron chi connectivity index (χ3n) is 3.14. The molecule has 2 heteroatoms. The molecule has 0 fully saturated rings. The Balaban J connectivity index is 2.20. The molecule has 2 rings (SSSR count). The molecule has 1 aromatic carbocycles. The number of rotatable bonds is 5. The van der Waals surface area contributed by atoms with Gasteiger partial charge in [-0.05, 0) is 32.0 Å². The SMILES string of the molecule is C#CCCCC(NC)c1ccc2ccccc2n1. The largest absolute Gasteiger partial charge is 0.312 e. The summed E-state index contributed by atoms with van der Waals surface area (Å²) in [6.07, 6.45) is 8.15. The predicted molar refractivity (Wildman–Crippen MR) is 76.2 cm³/mol. The van der Waals surface area contributed by atoms with E-state index in [2.05, 4.69) is 29.4 Å². The van der Waals surface area contributed by atoms with Crippen molar-refractivity contribution in [2.45, 2.75) is 25.3 Å². The standard InChI is InChI=1S/C16H18N2/c1-3-4-5-10-15(17-2)16-12-11-13-8-6-7-9-14(13)18-16/h1,6-9,11-12,15,17H,4-5,10H2,2H3. The zero-order valence-corrected chi connectivity index (χ0v) is 10.7. The van der Waals surface area contributed by atoms with Crippen molar-refractivity contribution in [1.29, 1.82) is 0 Å². The number of terminal acetylenes is 1. The van der Waals surface area contributed by atoms with Crippen LogP contribution in [0.15, 0.2) is 36.4 Å². The number of benzene rings is 1. The average molecular weight is 238 g/mol. The minimum absolute atomic E-state index is 0.281. The fourth-order valence-electron chi connectivity index (χ4n) is 2.12. The maximum Gasteiger partial charge on any atom is 0.0706 e. The first-order chi connectivity index (χ1) is 8.85. The van der Waals surface area contributed by atoms with Crippen LogP contribution in [0.1, 0.15) is 31.0 Å². The van der Waals surface area contributed by atoms with Crippen molar-refractivity contribution < 1.29 is 0 Å². The third-order valence-corrected chi connectivity index (χ3v) is 3.14. The van der Waals surface area contributed by atoms with Crippen LogP contribution in [0.2, 0.25) is 0 Å². The Morgan fingerprint density at radius 3 is 2.89 bits per heavy atom. The Labute approximate surface area is 108 Å². The molecule has 0 radical (unpaired) electrons. The first kappa shape index (κ1) is 12.6. The molecular weight excluding hydrogens is 220 g/mol. The second-order valence-corrected chi connectivity index (χ2v) is 4.37. The number of unbranched alkanes of at least 4 members (excludes halogenated alkanes) is 1. The van der Waals surface area contributed by atoms with Crippen molar-refractivity contribution in [2.24, 2.45) is 0 Å². The highest BCUT2D eigenvalue weighted by Crippen LogP contribution is 2.20. The molecule has 0 aliphatic rings. The Morgan fingerprint density at radius 2 is 2.11 bits per heavy atom. The van der Waals surface area contributed by atoms with E-state index in [0.29, 0.717) is 0 Å². The van der Waals surface area contributed by atoms with Gasteiger partial charge in [-0.15, -0.1) is 12.3 Å². The summed E-state index contributed by atoms with van der Waals surface area (Å²) in [6.45, 7) is 0. The van der Waals surface area contributed by atoms with Crippen molar-refractivity contribution in [3.8, 4) is 12.3 Å². The van der Waals surface area contributed by atoms with Gasteiger partial charge in [0.15, 0.2) is 0 Å². The minimum atomic E-state index is 0.281. The molecule has 1 heterocycles. The van der Waals surface area contributed by atoms with E-state index in [1.165, 1.54) is 5.39 Å². The highest BCUT2D eigenvalue weighted by atomic mass is 14.9. The van der Waals surface area contributed by atoms with Crippen LogP contribution in [0.4, 0.5) is 0 Å². The van der Waals surface area contributed by atoms with Gasteiger partial charge in [-0.25, -0.2) is 0 Å². The molecule has 1 unspecified atom stereocenters. The van der Waals surface area contributed by atoms with Gasteiger partial charge in [-0.3, -0.25) is 4.98 Å². The lowest BCUT2D eigenvalue weighted by molar-refractivity contribution is 0.521. The molecular formula is C16H18N2. The smallest absolute Gasteiger partial charge is 0.0706 e. The molecule has 0 aliphatic carbocycles. The van der Waals surface area contributed by atoms with E-state index in [-0.39, 0.29) is 6.04 Å². The molecule has 0 saturated heterocycles. The fraction of sp³-hybridized carbons (Fsp3) is 0.312. The number of pyridine rings is 1. The van der Waals surface area contributed by atoms with Crippen LogP contribution in [-0.2, 0) is 0 Å². The van der Waals surface area contributed by atoms with E-state index in [1.807, 2.05) is 25.2 Å². The third kappa shape index (κ3) is 2.88. The first-order valence-corrected chi connectivity index (χ1v) is 6.31. The normalized spacial score (nSPS) is 12.2. The number of hydrogen-bond donors (Lipinski definition) is 1. The lowest BCUT2D eigenvalue weighted by Gasteiger charge is -2.15. The summed E-state index contributed by atoms with van der Waals surface area (Å²) in [5, 5.41) is 4.49. The summed E-state index contributed by atoms with van der Waals surface area (Å²) in [5.41, 5.74) is 2.14. The van der Waals surface area contributed by atoms with Crippen molar-refractivity contribution in [3.05, 3.63) is 42.1 Å². The van der Waals surface area contributed by atoms with Gasteiger partial charge in [0.2, 0.25) is 0 Å². The van der Waals surface area contributed by atoms with E-state index in [4.69, 9.17) is 11.4 Å². The van der Waals surface area contributed by atoms with E-state index in [1.54, 1.807) is 0 Å².